The van der Waals surface area contributed by atoms with E-state index in [4.69, 9.17) is 5.11 Å². The predicted molar refractivity (Wildman–Crippen MR) is 53.4 cm³/mol. The van der Waals surface area contributed by atoms with Crippen molar-refractivity contribution in [1.82, 2.24) is 4.90 Å². The topological polar surface area (TPSA) is 66.8 Å². The molecule has 1 fully saturated rings. The van der Waals surface area contributed by atoms with Gasteiger partial charge in [0.05, 0.1) is 18.9 Å². The van der Waals surface area contributed by atoms with Crippen LogP contribution in [0, 0.1) is 11.8 Å². The van der Waals surface area contributed by atoms with Gasteiger partial charge in [-0.15, -0.1) is 0 Å². The zero-order valence-corrected chi connectivity index (χ0v) is 9.10. The van der Waals surface area contributed by atoms with E-state index in [1.807, 2.05) is 4.90 Å². The van der Waals surface area contributed by atoms with E-state index in [1.54, 1.807) is 6.92 Å². The Hall–Kier alpha value is -1.10. The molecule has 0 aliphatic carbocycles. The molecule has 2 atom stereocenters. The summed E-state index contributed by atoms with van der Waals surface area (Å²) in [6.45, 7) is 3.66. The molecule has 0 spiro atoms. The Balaban J connectivity index is 2.36. The minimum atomic E-state index is -0.747. The molecule has 0 aromatic rings. The van der Waals surface area contributed by atoms with E-state index in [9.17, 15) is 9.59 Å². The van der Waals surface area contributed by atoms with Crippen LogP contribution in [0.2, 0.25) is 0 Å². The van der Waals surface area contributed by atoms with Crippen molar-refractivity contribution in [2.75, 3.05) is 26.7 Å². The van der Waals surface area contributed by atoms with Gasteiger partial charge in [0.1, 0.15) is 0 Å². The number of nitrogens with zero attached hydrogens (tertiary/aromatic N) is 1. The van der Waals surface area contributed by atoms with Crippen LogP contribution in [-0.4, -0.2) is 48.7 Å². The molecule has 1 N–H and O–H groups in total. The summed E-state index contributed by atoms with van der Waals surface area (Å²) in [7, 11) is 1.36. The average Bonchev–Trinajstić information content (AvgIpc) is 2.65. The normalized spacial score (nSPS) is 23.7. The fourth-order valence-electron chi connectivity index (χ4n) is 1.86. The van der Waals surface area contributed by atoms with Gasteiger partial charge in [-0.3, -0.25) is 9.59 Å². The van der Waals surface area contributed by atoms with Crippen molar-refractivity contribution in [2.24, 2.45) is 11.8 Å². The summed E-state index contributed by atoms with van der Waals surface area (Å²) in [6, 6.07) is 0. The number of carboxylic acid groups (broad SMARTS) is 1. The number of methoxy groups -OCH3 is 1. The molecule has 5 nitrogen and oxygen atoms in total. The number of likely N-dealkylation sites (tertiary alicyclic amines) is 1. The van der Waals surface area contributed by atoms with Gasteiger partial charge in [0.25, 0.3) is 0 Å². The highest BCUT2D eigenvalue weighted by Crippen LogP contribution is 2.17. The van der Waals surface area contributed by atoms with E-state index in [-0.39, 0.29) is 17.8 Å². The Morgan fingerprint density at radius 1 is 1.60 bits per heavy atom. The molecule has 1 aliphatic rings. The van der Waals surface area contributed by atoms with Crippen LogP contribution >= 0.6 is 0 Å². The molecule has 1 saturated heterocycles. The molecule has 0 amide bonds. The van der Waals surface area contributed by atoms with E-state index in [0.29, 0.717) is 19.5 Å². The van der Waals surface area contributed by atoms with Gasteiger partial charge in [0, 0.05) is 13.1 Å². The zero-order valence-electron chi connectivity index (χ0n) is 9.10. The maximum atomic E-state index is 11.1. The lowest BCUT2D eigenvalue weighted by molar-refractivity contribution is -0.145. The summed E-state index contributed by atoms with van der Waals surface area (Å²) in [6.07, 6.45) is 0.670. The lowest BCUT2D eigenvalue weighted by Gasteiger charge is -2.18. The Kier molecular flexibility index (Phi) is 4.08. The summed E-state index contributed by atoms with van der Waals surface area (Å²) in [4.78, 5) is 23.9. The second kappa shape index (κ2) is 5.11. The maximum absolute atomic E-state index is 11.1. The molecule has 0 aromatic carbocycles. The number of carboxylic acids is 1. The van der Waals surface area contributed by atoms with Gasteiger partial charge < -0.3 is 14.7 Å². The molecule has 0 saturated carbocycles. The smallest absolute Gasteiger partial charge is 0.309 e. The monoisotopic (exact) mass is 215 g/mol. The summed E-state index contributed by atoms with van der Waals surface area (Å²) in [5, 5.41) is 8.80. The number of rotatable bonds is 4. The fourth-order valence-corrected chi connectivity index (χ4v) is 1.86. The van der Waals surface area contributed by atoms with Crippen molar-refractivity contribution >= 4 is 11.9 Å². The van der Waals surface area contributed by atoms with Gasteiger partial charge in [0.15, 0.2) is 0 Å². The van der Waals surface area contributed by atoms with Crippen LogP contribution in [-0.2, 0) is 14.3 Å². The molecule has 0 unspecified atom stereocenters. The average molecular weight is 215 g/mol. The lowest BCUT2D eigenvalue weighted by atomic mass is 10.1. The highest BCUT2D eigenvalue weighted by Gasteiger charge is 2.29. The Morgan fingerprint density at radius 3 is 2.73 bits per heavy atom. The van der Waals surface area contributed by atoms with Crippen LogP contribution < -0.4 is 0 Å². The SMILES string of the molecule is COC(=O)[C@H](C)CN1CC[C@H](C(=O)O)C1. The van der Waals surface area contributed by atoms with Gasteiger partial charge in [0.2, 0.25) is 0 Å². The molecule has 0 aromatic heterocycles. The van der Waals surface area contributed by atoms with Crippen molar-refractivity contribution in [2.45, 2.75) is 13.3 Å². The Bertz CT molecular complexity index is 254. The first-order valence-electron chi connectivity index (χ1n) is 5.07. The fraction of sp³-hybridized carbons (Fsp3) is 0.800. The summed E-state index contributed by atoms with van der Waals surface area (Å²) in [5.74, 6) is -1.46. The first kappa shape index (κ1) is 12.0. The zero-order chi connectivity index (χ0) is 11.4. The molecule has 1 heterocycles. The van der Waals surface area contributed by atoms with Crippen LogP contribution in [0.1, 0.15) is 13.3 Å². The van der Waals surface area contributed by atoms with E-state index in [2.05, 4.69) is 4.74 Å². The van der Waals surface area contributed by atoms with Gasteiger partial charge in [-0.1, -0.05) is 6.92 Å². The highest BCUT2D eigenvalue weighted by atomic mass is 16.5. The third-order valence-electron chi connectivity index (χ3n) is 2.76. The first-order valence-corrected chi connectivity index (χ1v) is 5.07. The minimum absolute atomic E-state index is 0.192. The molecular weight excluding hydrogens is 198 g/mol. The third-order valence-corrected chi connectivity index (χ3v) is 2.76. The third kappa shape index (κ3) is 3.20. The number of aliphatic carboxylic acids is 1. The van der Waals surface area contributed by atoms with Gasteiger partial charge >= 0.3 is 11.9 Å². The highest BCUT2D eigenvalue weighted by molar-refractivity contribution is 5.72. The first-order chi connectivity index (χ1) is 7.04. The van der Waals surface area contributed by atoms with Crippen LogP contribution in [0.25, 0.3) is 0 Å². The van der Waals surface area contributed by atoms with Crippen molar-refractivity contribution in [3.05, 3.63) is 0 Å². The van der Waals surface area contributed by atoms with Crippen LogP contribution in [0.4, 0.5) is 0 Å². The molecule has 0 bridgehead atoms. The van der Waals surface area contributed by atoms with E-state index >= 15 is 0 Å². The minimum Gasteiger partial charge on any atom is -0.481 e. The second-order valence-electron chi connectivity index (χ2n) is 4.01. The number of hydrogen-bond acceptors (Lipinski definition) is 4. The summed E-state index contributed by atoms with van der Waals surface area (Å²) < 4.78 is 4.61. The van der Waals surface area contributed by atoms with Gasteiger partial charge in [-0.05, 0) is 13.0 Å². The van der Waals surface area contributed by atoms with E-state index in [1.165, 1.54) is 7.11 Å². The molecule has 0 radical (unpaired) electrons. The quantitative estimate of drug-likeness (QED) is 0.679. The Labute approximate surface area is 89.0 Å². The molecule has 1 aliphatic heterocycles. The van der Waals surface area contributed by atoms with E-state index < -0.39 is 5.97 Å². The predicted octanol–water partition coefficient (Wildman–Crippen LogP) is 0.202. The van der Waals surface area contributed by atoms with E-state index in [0.717, 1.165) is 6.54 Å². The van der Waals surface area contributed by atoms with Crippen molar-refractivity contribution in [1.29, 1.82) is 0 Å². The molecule has 1 rings (SSSR count). The molecule has 86 valence electrons. The van der Waals surface area contributed by atoms with Crippen molar-refractivity contribution in [3.63, 3.8) is 0 Å². The largest absolute Gasteiger partial charge is 0.481 e. The van der Waals surface area contributed by atoms with Crippen LogP contribution in [0.3, 0.4) is 0 Å². The van der Waals surface area contributed by atoms with Gasteiger partial charge in [-0.2, -0.15) is 0 Å². The number of carbonyl (C=O) groups is 2. The lowest BCUT2D eigenvalue weighted by Crippen LogP contribution is -2.31. The van der Waals surface area contributed by atoms with Gasteiger partial charge in [-0.25, -0.2) is 0 Å². The summed E-state index contributed by atoms with van der Waals surface area (Å²) in [5.41, 5.74) is 0. The van der Waals surface area contributed by atoms with Crippen molar-refractivity contribution in [3.8, 4) is 0 Å². The molecule has 15 heavy (non-hydrogen) atoms. The van der Waals surface area contributed by atoms with Crippen molar-refractivity contribution < 1.29 is 19.4 Å². The second-order valence-corrected chi connectivity index (χ2v) is 4.01. The summed E-state index contributed by atoms with van der Waals surface area (Å²) >= 11 is 0. The number of esters is 1. The number of ether oxygens (including phenoxy) is 1. The molecule has 5 heteroatoms. The standard InChI is InChI=1S/C10H17NO4/c1-7(10(14)15-2)5-11-4-3-8(6-11)9(12)13/h7-8H,3-6H2,1-2H3,(H,12,13)/t7-,8+/m1/s1. The maximum Gasteiger partial charge on any atom is 0.309 e. The molecular formula is C10H17NO4. The van der Waals surface area contributed by atoms with Crippen LogP contribution in [0.15, 0.2) is 0 Å². The number of carbonyl (C=O) groups excluding carboxylic acids is 1. The Morgan fingerprint density at radius 2 is 2.27 bits per heavy atom. The van der Waals surface area contributed by atoms with Crippen LogP contribution in [0.5, 0.6) is 0 Å². The number of hydrogen-bond donors (Lipinski definition) is 1.